The second kappa shape index (κ2) is 5.40. The third kappa shape index (κ3) is 2.93. The highest BCUT2D eigenvalue weighted by Gasteiger charge is 2.22. The van der Waals surface area contributed by atoms with Crippen molar-refractivity contribution < 1.29 is 4.74 Å². The van der Waals surface area contributed by atoms with Gasteiger partial charge in [-0.3, -0.25) is 4.79 Å². The van der Waals surface area contributed by atoms with E-state index in [4.69, 9.17) is 4.74 Å². The Bertz CT molecular complexity index is 687. The van der Waals surface area contributed by atoms with Crippen LogP contribution in [0.4, 0.5) is 0 Å². The van der Waals surface area contributed by atoms with Gasteiger partial charge in [-0.1, -0.05) is 32.9 Å². The summed E-state index contributed by atoms with van der Waals surface area (Å²) >= 11 is 3.32. The standard InChI is InChI=1S/C15H17BrN2O2/c1-15(2,3)12-11(16)14(19)18-13(17-12)9-6-5-7-10(8-9)20-4/h5-8H,1-4H3,(H,17,18,19). The van der Waals surface area contributed by atoms with Gasteiger partial charge in [0.25, 0.3) is 5.56 Å². The number of aromatic amines is 1. The van der Waals surface area contributed by atoms with E-state index in [2.05, 4.69) is 25.9 Å². The van der Waals surface area contributed by atoms with E-state index >= 15 is 0 Å². The molecule has 106 valence electrons. The summed E-state index contributed by atoms with van der Waals surface area (Å²) < 4.78 is 5.68. The number of benzene rings is 1. The molecule has 0 amide bonds. The Balaban J connectivity index is 2.64. The molecule has 0 bridgehead atoms. The van der Waals surface area contributed by atoms with Crippen LogP contribution in [0.5, 0.6) is 5.75 Å². The first kappa shape index (κ1) is 14.8. The van der Waals surface area contributed by atoms with Crippen molar-refractivity contribution in [3.63, 3.8) is 0 Å². The highest BCUT2D eigenvalue weighted by atomic mass is 79.9. The summed E-state index contributed by atoms with van der Waals surface area (Å²) in [6, 6.07) is 7.46. The first-order chi connectivity index (χ1) is 9.32. The van der Waals surface area contributed by atoms with Gasteiger partial charge in [-0.2, -0.15) is 0 Å². The number of H-pyrrole nitrogens is 1. The lowest BCUT2D eigenvalue weighted by molar-refractivity contribution is 0.415. The molecule has 0 aliphatic carbocycles. The zero-order valence-electron chi connectivity index (χ0n) is 12.0. The molecule has 0 spiro atoms. The number of ether oxygens (including phenoxy) is 1. The molecule has 1 heterocycles. The van der Waals surface area contributed by atoms with Crippen LogP contribution < -0.4 is 10.3 Å². The Labute approximate surface area is 126 Å². The van der Waals surface area contributed by atoms with Crippen LogP contribution in [0.25, 0.3) is 11.4 Å². The van der Waals surface area contributed by atoms with Crippen molar-refractivity contribution in [3.8, 4) is 17.1 Å². The molecular formula is C15H17BrN2O2. The number of methoxy groups -OCH3 is 1. The molecule has 4 nitrogen and oxygen atoms in total. The fourth-order valence-electron chi connectivity index (χ4n) is 1.86. The topological polar surface area (TPSA) is 55.0 Å². The van der Waals surface area contributed by atoms with E-state index < -0.39 is 0 Å². The van der Waals surface area contributed by atoms with Crippen molar-refractivity contribution in [2.24, 2.45) is 0 Å². The average Bonchev–Trinajstić information content (AvgIpc) is 2.40. The first-order valence-electron chi connectivity index (χ1n) is 6.27. The molecule has 1 N–H and O–H groups in total. The normalized spacial score (nSPS) is 11.4. The van der Waals surface area contributed by atoms with Crippen molar-refractivity contribution in [1.29, 1.82) is 0 Å². The molecule has 0 aliphatic heterocycles. The average molecular weight is 337 g/mol. The van der Waals surface area contributed by atoms with Gasteiger partial charge in [0, 0.05) is 11.0 Å². The molecule has 0 aliphatic rings. The van der Waals surface area contributed by atoms with Crippen molar-refractivity contribution in [3.05, 3.63) is 44.8 Å². The summed E-state index contributed by atoms with van der Waals surface area (Å²) in [5, 5.41) is 0. The van der Waals surface area contributed by atoms with E-state index in [1.165, 1.54) is 0 Å². The van der Waals surface area contributed by atoms with Crippen LogP contribution >= 0.6 is 15.9 Å². The fraction of sp³-hybridized carbons (Fsp3) is 0.333. The van der Waals surface area contributed by atoms with Gasteiger partial charge in [0.15, 0.2) is 0 Å². The van der Waals surface area contributed by atoms with Crippen molar-refractivity contribution in [1.82, 2.24) is 9.97 Å². The predicted molar refractivity (Wildman–Crippen MR) is 83.2 cm³/mol. The Morgan fingerprint density at radius 3 is 2.60 bits per heavy atom. The van der Waals surface area contributed by atoms with Gasteiger partial charge in [-0.15, -0.1) is 0 Å². The van der Waals surface area contributed by atoms with Crippen molar-refractivity contribution in [2.75, 3.05) is 7.11 Å². The molecule has 0 radical (unpaired) electrons. The number of halogens is 1. The molecule has 1 aromatic carbocycles. The second-order valence-electron chi connectivity index (χ2n) is 5.56. The molecule has 0 unspecified atom stereocenters. The van der Waals surface area contributed by atoms with Gasteiger partial charge < -0.3 is 9.72 Å². The summed E-state index contributed by atoms with van der Waals surface area (Å²) in [5.74, 6) is 1.27. The summed E-state index contributed by atoms with van der Waals surface area (Å²) in [5.41, 5.74) is 1.15. The fourth-order valence-corrected chi connectivity index (χ4v) is 2.65. The lowest BCUT2D eigenvalue weighted by atomic mass is 9.92. The SMILES string of the molecule is COc1cccc(-c2nc(C(C)(C)C)c(Br)c(=O)[nH]2)c1. The van der Waals surface area contributed by atoms with Crippen LogP contribution in [0.3, 0.4) is 0 Å². The third-order valence-electron chi connectivity index (χ3n) is 2.92. The van der Waals surface area contributed by atoms with Gasteiger partial charge >= 0.3 is 0 Å². The second-order valence-corrected chi connectivity index (χ2v) is 6.35. The van der Waals surface area contributed by atoms with Gasteiger partial charge in [-0.05, 0) is 28.1 Å². The molecule has 2 aromatic rings. The first-order valence-corrected chi connectivity index (χ1v) is 7.07. The van der Waals surface area contributed by atoms with Gasteiger partial charge in [0.1, 0.15) is 16.0 Å². The minimum Gasteiger partial charge on any atom is -0.497 e. The van der Waals surface area contributed by atoms with Gasteiger partial charge in [0.2, 0.25) is 0 Å². The molecule has 0 saturated heterocycles. The van der Waals surface area contributed by atoms with Crippen LogP contribution in [0.15, 0.2) is 33.5 Å². The lowest BCUT2D eigenvalue weighted by Gasteiger charge is -2.19. The number of hydrogen-bond acceptors (Lipinski definition) is 3. The van der Waals surface area contributed by atoms with E-state index in [1.54, 1.807) is 7.11 Å². The monoisotopic (exact) mass is 336 g/mol. The number of hydrogen-bond donors (Lipinski definition) is 1. The van der Waals surface area contributed by atoms with Crippen LogP contribution in [-0.4, -0.2) is 17.1 Å². The summed E-state index contributed by atoms with van der Waals surface area (Å²) in [6.07, 6.45) is 0. The lowest BCUT2D eigenvalue weighted by Crippen LogP contribution is -2.22. The van der Waals surface area contributed by atoms with Crippen LogP contribution in [-0.2, 0) is 5.41 Å². The van der Waals surface area contributed by atoms with E-state index in [1.807, 2.05) is 45.0 Å². The maximum atomic E-state index is 12.1. The Kier molecular flexibility index (Phi) is 3.99. The van der Waals surface area contributed by atoms with Crippen LogP contribution in [0, 0.1) is 0 Å². The molecule has 0 atom stereocenters. The zero-order valence-corrected chi connectivity index (χ0v) is 13.5. The number of nitrogens with zero attached hydrogens (tertiary/aromatic N) is 1. The van der Waals surface area contributed by atoms with Crippen molar-refractivity contribution in [2.45, 2.75) is 26.2 Å². The Hall–Kier alpha value is -1.62. The molecular weight excluding hydrogens is 320 g/mol. The van der Waals surface area contributed by atoms with E-state index in [9.17, 15) is 4.79 Å². The summed E-state index contributed by atoms with van der Waals surface area (Å²) in [6.45, 7) is 6.07. The zero-order chi connectivity index (χ0) is 14.9. The molecule has 0 saturated carbocycles. The predicted octanol–water partition coefficient (Wildman–Crippen LogP) is 3.51. The van der Waals surface area contributed by atoms with Crippen molar-refractivity contribution >= 4 is 15.9 Å². The van der Waals surface area contributed by atoms with E-state index in [0.717, 1.165) is 17.0 Å². The Morgan fingerprint density at radius 1 is 1.30 bits per heavy atom. The number of nitrogens with one attached hydrogen (secondary N) is 1. The molecule has 5 heteroatoms. The van der Waals surface area contributed by atoms with Crippen LogP contribution in [0.1, 0.15) is 26.5 Å². The molecule has 1 aromatic heterocycles. The maximum Gasteiger partial charge on any atom is 0.265 e. The summed E-state index contributed by atoms with van der Waals surface area (Å²) in [7, 11) is 1.61. The largest absolute Gasteiger partial charge is 0.497 e. The van der Waals surface area contributed by atoms with Crippen LogP contribution in [0.2, 0.25) is 0 Å². The molecule has 2 rings (SSSR count). The highest BCUT2D eigenvalue weighted by Crippen LogP contribution is 2.28. The quantitative estimate of drug-likeness (QED) is 0.912. The Morgan fingerprint density at radius 2 is 2.00 bits per heavy atom. The number of rotatable bonds is 2. The van der Waals surface area contributed by atoms with Gasteiger partial charge in [0.05, 0.1) is 12.8 Å². The third-order valence-corrected chi connectivity index (χ3v) is 3.65. The van der Waals surface area contributed by atoms with Gasteiger partial charge in [-0.25, -0.2) is 4.98 Å². The summed E-state index contributed by atoms with van der Waals surface area (Å²) in [4.78, 5) is 19.4. The smallest absolute Gasteiger partial charge is 0.265 e. The highest BCUT2D eigenvalue weighted by molar-refractivity contribution is 9.10. The van der Waals surface area contributed by atoms with E-state index in [0.29, 0.717) is 10.3 Å². The maximum absolute atomic E-state index is 12.1. The number of aromatic nitrogens is 2. The minimum atomic E-state index is -0.222. The molecule has 20 heavy (non-hydrogen) atoms. The minimum absolute atomic E-state index is 0.178. The van der Waals surface area contributed by atoms with E-state index in [-0.39, 0.29) is 11.0 Å². The molecule has 0 fully saturated rings.